The lowest BCUT2D eigenvalue weighted by atomic mass is 9.95. The molecular weight excluding hydrogens is 861 g/mol. The van der Waals surface area contributed by atoms with Crippen molar-refractivity contribution < 1.29 is 45.1 Å². The van der Waals surface area contributed by atoms with Crippen LogP contribution >= 0.6 is 0 Å². The minimum absolute atomic E-state index is 0.0312. The first-order valence-electron chi connectivity index (χ1n) is 22.1. The molecule has 1 saturated carbocycles. The number of fused-ring (bicyclic) bond motifs is 4. The zero-order valence-corrected chi connectivity index (χ0v) is 40.6. The van der Waals surface area contributed by atoms with E-state index in [9.17, 15) is 13.2 Å². The molecular formula is C47H61F2N5O8SSi. The van der Waals surface area contributed by atoms with Crippen molar-refractivity contribution in [3.63, 3.8) is 0 Å². The van der Waals surface area contributed by atoms with Gasteiger partial charge in [-0.1, -0.05) is 53.5 Å². The summed E-state index contributed by atoms with van der Waals surface area (Å²) >= 11 is 0. The molecule has 4 heterocycles. The van der Waals surface area contributed by atoms with Crippen molar-refractivity contribution in [2.75, 3.05) is 51.4 Å². The number of anilines is 1. The number of benzene rings is 2. The molecule has 1 aliphatic carbocycles. The molecule has 2 unspecified atom stereocenters. The van der Waals surface area contributed by atoms with Crippen LogP contribution in [0.4, 0.5) is 19.4 Å². The number of carbonyl (C=O) groups is 1. The van der Waals surface area contributed by atoms with Crippen molar-refractivity contribution in [3.05, 3.63) is 47.7 Å². The smallest absolute Gasteiger partial charge is 0.410 e. The number of amides is 1. The molecule has 4 aromatic rings. The van der Waals surface area contributed by atoms with Crippen molar-refractivity contribution in [2.24, 2.45) is 5.41 Å². The molecule has 0 N–H and O–H groups in total. The monoisotopic (exact) mass is 921 g/mol. The first kappa shape index (κ1) is 47.3. The molecule has 13 nitrogen and oxygen atoms in total. The predicted molar refractivity (Wildman–Crippen MR) is 246 cm³/mol. The van der Waals surface area contributed by atoms with Gasteiger partial charge in [-0.15, -0.1) is 5.54 Å². The molecule has 2 bridgehead atoms. The Balaban J connectivity index is 1.39. The van der Waals surface area contributed by atoms with Gasteiger partial charge >= 0.3 is 12.1 Å². The number of nitrogens with zero attached hydrogens (tertiary/aromatic N) is 5. The molecule has 2 aromatic carbocycles. The molecule has 2 aromatic heterocycles. The van der Waals surface area contributed by atoms with Crippen LogP contribution in [0.2, 0.25) is 16.6 Å². The molecule has 7 rings (SSSR count). The van der Waals surface area contributed by atoms with E-state index in [4.69, 9.17) is 33.1 Å². The van der Waals surface area contributed by atoms with Crippen molar-refractivity contribution in [3.8, 4) is 34.5 Å². The fraction of sp³-hybridized carbons (Fsp3) is 0.574. The van der Waals surface area contributed by atoms with E-state index in [-0.39, 0.29) is 83.2 Å². The Kier molecular flexibility index (Phi) is 13.3. The normalized spacial score (nSPS) is 18.6. The number of aromatic nitrogens is 3. The molecule has 2 saturated heterocycles. The van der Waals surface area contributed by atoms with E-state index in [0.29, 0.717) is 53.7 Å². The lowest BCUT2D eigenvalue weighted by Crippen LogP contribution is -2.57. The molecule has 17 heteroatoms. The summed E-state index contributed by atoms with van der Waals surface area (Å²) in [6.07, 6.45) is 4.95. The van der Waals surface area contributed by atoms with E-state index in [1.165, 1.54) is 19.4 Å². The van der Waals surface area contributed by atoms with Crippen LogP contribution in [0.15, 0.2) is 30.5 Å². The van der Waals surface area contributed by atoms with E-state index in [1.807, 2.05) is 25.7 Å². The maximum atomic E-state index is 17.8. The number of rotatable bonds is 14. The Morgan fingerprint density at radius 3 is 2.20 bits per heavy atom. The highest BCUT2D eigenvalue weighted by Gasteiger charge is 2.47. The van der Waals surface area contributed by atoms with Gasteiger partial charge in [0, 0.05) is 42.8 Å². The molecule has 2 atom stereocenters. The topological polar surface area (TPSA) is 143 Å². The number of piperazine rings is 1. The van der Waals surface area contributed by atoms with Gasteiger partial charge in [0.05, 0.1) is 42.5 Å². The van der Waals surface area contributed by atoms with E-state index in [2.05, 4.69) is 58.0 Å². The number of methoxy groups -OCH3 is 1. The van der Waals surface area contributed by atoms with Crippen LogP contribution in [-0.4, -0.2) is 107 Å². The molecule has 1 amide bonds. The number of hydrogen-bond acceptors (Lipinski definition) is 12. The first-order valence-corrected chi connectivity index (χ1v) is 26.1. The SMILES string of the molecule is COCOc1cc(-c2ncc3c(N4CC5CCC(C4)N5C(=O)OC(C)(C)C)nc(OCC4(COS(C)(=O)=O)CC4)nc3c2F)c2c(C#C[Si](C(C)C)(C(C)C)C(C)C)c(F)ccc2c1. The van der Waals surface area contributed by atoms with Crippen molar-refractivity contribution in [1.82, 2.24) is 19.9 Å². The summed E-state index contributed by atoms with van der Waals surface area (Å²) < 4.78 is 86.1. The van der Waals surface area contributed by atoms with Crippen LogP contribution in [0.3, 0.4) is 0 Å². The van der Waals surface area contributed by atoms with Gasteiger partial charge in [-0.05, 0) is 86.7 Å². The second-order valence-electron chi connectivity index (χ2n) is 19.6. The summed E-state index contributed by atoms with van der Waals surface area (Å²) in [6, 6.07) is 5.85. The molecule has 2 aliphatic heterocycles. The molecule has 0 radical (unpaired) electrons. The van der Waals surface area contributed by atoms with Crippen molar-refractivity contribution in [2.45, 2.75) is 122 Å². The minimum Gasteiger partial charge on any atom is -0.468 e. The van der Waals surface area contributed by atoms with Gasteiger partial charge in [0.1, 0.15) is 42.3 Å². The van der Waals surface area contributed by atoms with Gasteiger partial charge in [0.2, 0.25) is 0 Å². The van der Waals surface area contributed by atoms with E-state index >= 15 is 8.78 Å². The largest absolute Gasteiger partial charge is 0.468 e. The predicted octanol–water partition coefficient (Wildman–Crippen LogP) is 9.40. The molecule has 3 fully saturated rings. The van der Waals surface area contributed by atoms with Gasteiger partial charge in [0.15, 0.2) is 12.6 Å². The maximum absolute atomic E-state index is 17.8. The second-order valence-corrected chi connectivity index (χ2v) is 26.9. The highest BCUT2D eigenvalue weighted by atomic mass is 32.2. The maximum Gasteiger partial charge on any atom is 0.410 e. The fourth-order valence-electron chi connectivity index (χ4n) is 9.70. The zero-order valence-electron chi connectivity index (χ0n) is 38.8. The summed E-state index contributed by atoms with van der Waals surface area (Å²) in [7, 11) is -4.55. The van der Waals surface area contributed by atoms with Gasteiger partial charge in [-0.2, -0.15) is 18.4 Å². The Bertz CT molecular complexity index is 2570. The minimum atomic E-state index is -3.70. The zero-order chi connectivity index (χ0) is 46.5. The number of hydrogen-bond donors (Lipinski definition) is 0. The van der Waals surface area contributed by atoms with Crippen LogP contribution in [0.1, 0.15) is 93.6 Å². The summed E-state index contributed by atoms with van der Waals surface area (Å²) in [4.78, 5) is 31.4. The standard InChI is InChI=1S/C47H61F2N5O8SSi/c1-28(2)64(29(3)4,30(5)6)19-16-35-38(48)15-12-31-20-34(60-27-58-10)21-36(39(31)35)41-40(49)42-37(22-50-41)43(52-44(51-42)59-25-47(17-18-47)26-61-63(11,56)57)53-23-32-13-14-33(24-53)54(32)45(55)62-46(7,8)9/h12,15,20-22,28-30,32-33H,13-14,17-18,23-27H2,1-11H3. The highest BCUT2D eigenvalue weighted by Crippen LogP contribution is 2.47. The Morgan fingerprint density at radius 1 is 0.969 bits per heavy atom. The third-order valence-electron chi connectivity index (χ3n) is 13.0. The lowest BCUT2D eigenvalue weighted by Gasteiger charge is -2.42. The van der Waals surface area contributed by atoms with E-state index < -0.39 is 40.8 Å². The van der Waals surface area contributed by atoms with E-state index in [0.717, 1.165) is 19.1 Å². The lowest BCUT2D eigenvalue weighted by molar-refractivity contribution is 0.0122. The van der Waals surface area contributed by atoms with Gasteiger partial charge in [-0.25, -0.2) is 13.6 Å². The highest BCUT2D eigenvalue weighted by molar-refractivity contribution is 7.86. The quantitative estimate of drug-likeness (QED) is 0.0515. The molecule has 3 aliphatic rings. The average Bonchev–Trinajstić information content (AvgIpc) is 3.94. The number of carbonyl (C=O) groups excluding carboxylic acids is 1. The summed E-state index contributed by atoms with van der Waals surface area (Å²) in [6.45, 7) is 19.3. The van der Waals surface area contributed by atoms with Crippen LogP contribution in [-0.2, 0) is 23.8 Å². The molecule has 346 valence electrons. The number of ether oxygens (including phenoxy) is 4. The van der Waals surface area contributed by atoms with Crippen molar-refractivity contribution in [1.29, 1.82) is 0 Å². The van der Waals surface area contributed by atoms with Crippen LogP contribution in [0.25, 0.3) is 32.9 Å². The Hall–Kier alpha value is -4.63. The summed E-state index contributed by atoms with van der Waals surface area (Å²) in [5.74, 6) is 2.69. The number of halogens is 2. The van der Waals surface area contributed by atoms with Gasteiger partial charge in [-0.3, -0.25) is 14.1 Å². The first-order chi connectivity index (χ1) is 30.1. The molecule has 64 heavy (non-hydrogen) atoms. The summed E-state index contributed by atoms with van der Waals surface area (Å²) in [5, 5.41) is 1.26. The van der Waals surface area contributed by atoms with Gasteiger partial charge < -0.3 is 23.8 Å². The Labute approximate surface area is 376 Å². The summed E-state index contributed by atoms with van der Waals surface area (Å²) in [5.41, 5.74) is 3.45. The van der Waals surface area contributed by atoms with Crippen LogP contribution in [0, 0.1) is 28.5 Å². The van der Waals surface area contributed by atoms with Crippen LogP contribution < -0.4 is 14.4 Å². The average molecular weight is 922 g/mol. The van der Waals surface area contributed by atoms with Crippen LogP contribution in [0.5, 0.6) is 11.8 Å². The molecule has 0 spiro atoms. The van der Waals surface area contributed by atoms with Gasteiger partial charge in [0.25, 0.3) is 10.1 Å². The van der Waals surface area contributed by atoms with E-state index in [1.54, 1.807) is 23.1 Å². The third-order valence-corrected chi connectivity index (χ3v) is 19.8. The second kappa shape index (κ2) is 18.0. The Morgan fingerprint density at radius 2 is 1.62 bits per heavy atom. The van der Waals surface area contributed by atoms with Crippen molar-refractivity contribution >= 4 is 51.8 Å². The number of pyridine rings is 1. The third kappa shape index (κ3) is 9.66. The fourth-order valence-corrected chi connectivity index (χ4v) is 15.4.